The van der Waals surface area contributed by atoms with Gasteiger partial charge in [0.05, 0.1) is 6.61 Å². The molecule has 0 saturated carbocycles. The minimum Gasteiger partial charge on any atom is -0.490 e. The van der Waals surface area contributed by atoms with Gasteiger partial charge in [-0.25, -0.2) is 0 Å². The molecule has 3 aromatic rings. The van der Waals surface area contributed by atoms with Crippen LogP contribution in [0.4, 0.5) is 5.69 Å². The molecule has 0 bridgehead atoms. The number of amides is 1. The summed E-state index contributed by atoms with van der Waals surface area (Å²) in [4.78, 5) is 17.9. The van der Waals surface area contributed by atoms with Crippen LogP contribution < -0.4 is 14.8 Å². The van der Waals surface area contributed by atoms with Crippen molar-refractivity contribution in [2.45, 2.75) is 20.4 Å². The Hall–Kier alpha value is -3.42. The van der Waals surface area contributed by atoms with Crippen molar-refractivity contribution in [3.05, 3.63) is 89.5 Å². The van der Waals surface area contributed by atoms with Crippen LogP contribution in [0.2, 0.25) is 0 Å². The minimum absolute atomic E-state index is 0.110. The van der Waals surface area contributed by atoms with Crippen LogP contribution in [0, 0.1) is 6.92 Å². The molecule has 3 aromatic carbocycles. The second-order valence-corrected chi connectivity index (χ2v) is 9.24. The Morgan fingerprint density at radius 2 is 1.64 bits per heavy atom. The van der Waals surface area contributed by atoms with Gasteiger partial charge in [-0.1, -0.05) is 60.2 Å². The number of piperazine rings is 1. The topological polar surface area (TPSA) is 54.0 Å². The third kappa shape index (κ3) is 7.06. The number of carbonyl (C=O) groups excluding carboxylic acids is 1. The highest BCUT2D eigenvalue weighted by molar-refractivity contribution is 7.80. The Kier molecular flexibility index (Phi) is 8.92. The summed E-state index contributed by atoms with van der Waals surface area (Å²) in [6.45, 7) is 8.95. The molecular formula is C29H33N3O3S. The number of anilines is 1. The highest BCUT2D eigenvalue weighted by Crippen LogP contribution is 2.29. The molecule has 7 heteroatoms. The maximum absolute atomic E-state index is 12.4. The molecule has 4 rings (SSSR count). The van der Waals surface area contributed by atoms with E-state index in [1.54, 1.807) is 0 Å². The molecule has 1 heterocycles. The van der Waals surface area contributed by atoms with Gasteiger partial charge < -0.3 is 19.7 Å². The minimum atomic E-state index is -0.228. The van der Waals surface area contributed by atoms with Crippen LogP contribution in [-0.4, -0.2) is 60.1 Å². The summed E-state index contributed by atoms with van der Waals surface area (Å²) in [6, 6.07) is 23.9. The van der Waals surface area contributed by atoms with Crippen LogP contribution in [0.1, 0.15) is 23.6 Å². The molecule has 0 atom stereocenters. The lowest BCUT2D eigenvalue weighted by Gasteiger charge is -2.36. The van der Waals surface area contributed by atoms with Crippen LogP contribution in [0.15, 0.2) is 72.8 Å². The summed E-state index contributed by atoms with van der Waals surface area (Å²) in [5.41, 5.74) is 4.13. The number of aryl methyl sites for hydroxylation is 1. The predicted molar refractivity (Wildman–Crippen MR) is 148 cm³/mol. The van der Waals surface area contributed by atoms with E-state index in [1.807, 2.05) is 62.4 Å². The summed E-state index contributed by atoms with van der Waals surface area (Å²) >= 11 is 5.83. The molecular weight excluding hydrogens is 470 g/mol. The Morgan fingerprint density at radius 3 is 2.33 bits per heavy atom. The maximum atomic E-state index is 12.4. The number of ether oxygens (including phenoxy) is 2. The number of carbonyl (C=O) groups is 1. The van der Waals surface area contributed by atoms with Gasteiger partial charge >= 0.3 is 0 Å². The van der Waals surface area contributed by atoms with E-state index in [9.17, 15) is 4.79 Å². The van der Waals surface area contributed by atoms with Gasteiger partial charge in [-0.2, -0.15) is 0 Å². The summed E-state index contributed by atoms with van der Waals surface area (Å²) in [6.07, 6.45) is 0. The van der Waals surface area contributed by atoms with Gasteiger partial charge in [0.1, 0.15) is 4.99 Å². The average molecular weight is 504 g/mol. The lowest BCUT2D eigenvalue weighted by Crippen LogP contribution is -2.48. The zero-order chi connectivity index (χ0) is 25.3. The predicted octanol–water partition coefficient (Wildman–Crippen LogP) is 4.90. The number of thiocarbonyl (C=S) groups is 1. The molecule has 1 saturated heterocycles. The summed E-state index contributed by atoms with van der Waals surface area (Å²) in [7, 11) is 0. The van der Waals surface area contributed by atoms with E-state index < -0.39 is 0 Å². The third-order valence-corrected chi connectivity index (χ3v) is 6.59. The van der Waals surface area contributed by atoms with E-state index in [4.69, 9.17) is 21.7 Å². The highest BCUT2D eigenvalue weighted by atomic mass is 32.1. The van der Waals surface area contributed by atoms with Crippen LogP contribution in [0.3, 0.4) is 0 Å². The molecule has 0 aliphatic carbocycles. The number of benzene rings is 3. The molecule has 1 aliphatic heterocycles. The van der Waals surface area contributed by atoms with Gasteiger partial charge in [0.25, 0.3) is 5.91 Å². The Bertz CT molecular complexity index is 1160. The van der Waals surface area contributed by atoms with E-state index in [-0.39, 0.29) is 12.5 Å². The van der Waals surface area contributed by atoms with Gasteiger partial charge in [0, 0.05) is 44.0 Å². The fraction of sp³-hybridized carbons (Fsp3) is 0.310. The molecule has 1 fully saturated rings. The summed E-state index contributed by atoms with van der Waals surface area (Å²) in [5, 5.41) is 2.85. The molecule has 0 radical (unpaired) electrons. The van der Waals surface area contributed by atoms with Crippen molar-refractivity contribution in [2.75, 3.05) is 44.7 Å². The monoisotopic (exact) mass is 503 g/mol. The Balaban J connectivity index is 1.33. The molecule has 1 aliphatic rings. The normalized spacial score (nSPS) is 13.8. The quantitative estimate of drug-likeness (QED) is 0.419. The van der Waals surface area contributed by atoms with E-state index in [0.717, 1.165) is 54.5 Å². The molecule has 0 unspecified atom stereocenters. The molecule has 6 nitrogen and oxygen atoms in total. The zero-order valence-corrected chi connectivity index (χ0v) is 21.7. The van der Waals surface area contributed by atoms with Crippen LogP contribution >= 0.6 is 12.2 Å². The maximum Gasteiger partial charge on any atom is 0.262 e. The highest BCUT2D eigenvalue weighted by Gasteiger charge is 2.21. The smallest absolute Gasteiger partial charge is 0.262 e. The first kappa shape index (κ1) is 25.7. The molecule has 0 aromatic heterocycles. The lowest BCUT2D eigenvalue weighted by atomic mass is 10.1. The van der Waals surface area contributed by atoms with Gasteiger partial charge in [0.2, 0.25) is 0 Å². The number of rotatable bonds is 9. The first-order valence-corrected chi connectivity index (χ1v) is 12.7. The second-order valence-electron chi connectivity index (χ2n) is 8.85. The first-order chi connectivity index (χ1) is 17.5. The van der Waals surface area contributed by atoms with E-state index in [1.165, 1.54) is 5.56 Å². The van der Waals surface area contributed by atoms with Gasteiger partial charge in [-0.3, -0.25) is 9.69 Å². The Morgan fingerprint density at radius 1 is 0.917 bits per heavy atom. The van der Waals surface area contributed by atoms with Crippen molar-refractivity contribution < 1.29 is 14.3 Å². The van der Waals surface area contributed by atoms with Crippen molar-refractivity contribution in [1.29, 1.82) is 0 Å². The van der Waals surface area contributed by atoms with E-state index >= 15 is 0 Å². The van der Waals surface area contributed by atoms with Crippen LogP contribution in [0.5, 0.6) is 11.5 Å². The molecule has 188 valence electrons. The third-order valence-electron chi connectivity index (χ3n) is 6.09. The SMILES string of the molecule is CCOc1cc(C(=S)N2CCN(Cc3ccccc3)CC2)ccc1OCC(=O)Nc1ccc(C)cc1. The largest absolute Gasteiger partial charge is 0.490 e. The van der Waals surface area contributed by atoms with Gasteiger partial charge in [0.15, 0.2) is 18.1 Å². The van der Waals surface area contributed by atoms with Gasteiger partial charge in [-0.15, -0.1) is 0 Å². The van der Waals surface area contributed by atoms with Crippen molar-refractivity contribution in [1.82, 2.24) is 9.80 Å². The van der Waals surface area contributed by atoms with Gasteiger partial charge in [-0.05, 0) is 49.7 Å². The van der Waals surface area contributed by atoms with Crippen molar-refractivity contribution in [3.8, 4) is 11.5 Å². The number of hydrogen-bond acceptors (Lipinski definition) is 5. The number of hydrogen-bond donors (Lipinski definition) is 1. The molecule has 1 N–H and O–H groups in total. The first-order valence-electron chi connectivity index (χ1n) is 12.3. The second kappa shape index (κ2) is 12.5. The van der Waals surface area contributed by atoms with E-state index in [0.29, 0.717) is 18.1 Å². The summed E-state index contributed by atoms with van der Waals surface area (Å²) < 4.78 is 11.6. The molecule has 1 amide bonds. The van der Waals surface area contributed by atoms with Crippen molar-refractivity contribution >= 4 is 28.8 Å². The Labute approximate surface area is 218 Å². The number of nitrogens with one attached hydrogen (secondary N) is 1. The molecule has 0 spiro atoms. The standard InChI is InChI=1S/C29H33N3O3S/c1-3-34-27-19-24(11-14-26(27)35-21-28(33)30-25-12-9-22(2)10-13-25)29(36)32-17-15-31(16-18-32)20-23-7-5-4-6-8-23/h4-14,19H,3,15-18,20-21H2,1-2H3,(H,30,33). The van der Waals surface area contributed by atoms with Crippen molar-refractivity contribution in [2.24, 2.45) is 0 Å². The van der Waals surface area contributed by atoms with Crippen LogP contribution in [0.25, 0.3) is 0 Å². The van der Waals surface area contributed by atoms with Crippen LogP contribution in [-0.2, 0) is 11.3 Å². The van der Waals surface area contributed by atoms with E-state index in [2.05, 4.69) is 39.4 Å². The number of nitrogens with zero attached hydrogens (tertiary/aromatic N) is 2. The molecule has 36 heavy (non-hydrogen) atoms. The van der Waals surface area contributed by atoms with Crippen molar-refractivity contribution in [3.63, 3.8) is 0 Å². The fourth-order valence-electron chi connectivity index (χ4n) is 4.14. The lowest BCUT2D eigenvalue weighted by molar-refractivity contribution is -0.118. The fourth-order valence-corrected chi connectivity index (χ4v) is 4.45. The zero-order valence-electron chi connectivity index (χ0n) is 20.9. The summed E-state index contributed by atoms with van der Waals surface area (Å²) in [5.74, 6) is 0.882. The average Bonchev–Trinajstić information content (AvgIpc) is 2.90.